The van der Waals surface area contributed by atoms with E-state index in [-0.39, 0.29) is 0 Å². The Morgan fingerprint density at radius 1 is 0.524 bits per heavy atom. The number of unbranched alkanes of at least 4 members (excludes halogenated alkanes) is 11. The molecule has 128 valence electrons. The summed E-state index contributed by atoms with van der Waals surface area (Å²) in [6.07, 6.45) is 22.7. The fourth-order valence-electron chi connectivity index (χ4n) is 3.27. The molecule has 0 aliphatic carbocycles. The third-order valence-corrected chi connectivity index (χ3v) is 4.76. The summed E-state index contributed by atoms with van der Waals surface area (Å²) in [6.45, 7) is 5.47. The van der Waals surface area contributed by atoms with E-state index in [2.05, 4.69) is 13.8 Å². The summed E-state index contributed by atoms with van der Waals surface area (Å²) in [4.78, 5) is 0. The van der Waals surface area contributed by atoms with Crippen LogP contribution in [0.3, 0.4) is 0 Å². The van der Waals surface area contributed by atoms with Gasteiger partial charge in [-0.3, -0.25) is 0 Å². The van der Waals surface area contributed by atoms with Crippen molar-refractivity contribution in [1.82, 2.24) is 0 Å². The number of rotatable bonds is 17. The maximum Gasteiger partial charge on any atom is -0.00746 e. The van der Waals surface area contributed by atoms with E-state index in [0.717, 1.165) is 12.5 Å². The third kappa shape index (κ3) is 16.2. The second-order valence-electron chi connectivity index (χ2n) is 6.91. The van der Waals surface area contributed by atoms with Gasteiger partial charge in [-0.15, -0.1) is 0 Å². The van der Waals surface area contributed by atoms with Crippen LogP contribution >= 0.6 is 0 Å². The fraction of sp³-hybridized carbons (Fsp3) is 1.00. The molecule has 0 aromatic carbocycles. The van der Waals surface area contributed by atoms with E-state index < -0.39 is 0 Å². The van der Waals surface area contributed by atoms with Crippen LogP contribution in [0, 0.1) is 5.92 Å². The summed E-state index contributed by atoms with van der Waals surface area (Å²) in [5.74, 6) is 0.914. The summed E-state index contributed by atoms with van der Waals surface area (Å²) < 4.78 is 0. The van der Waals surface area contributed by atoms with E-state index >= 15 is 0 Å². The standard InChI is InChI=1S/C20H43N/c1-3-5-7-9-11-13-15-17-20(18-19-21)16-14-12-10-8-6-4-2/h20H,3-19,21H2,1-2H3. The van der Waals surface area contributed by atoms with E-state index in [1.807, 2.05) is 0 Å². The normalized spacial score (nSPS) is 12.7. The quantitative estimate of drug-likeness (QED) is 0.292. The smallest absolute Gasteiger partial charge is 0.00746 e. The summed E-state index contributed by atoms with van der Waals surface area (Å²) in [7, 11) is 0. The molecule has 0 aliphatic rings. The van der Waals surface area contributed by atoms with Crippen LogP contribution in [-0.2, 0) is 0 Å². The van der Waals surface area contributed by atoms with Gasteiger partial charge in [0.1, 0.15) is 0 Å². The fourth-order valence-corrected chi connectivity index (χ4v) is 3.27. The number of nitrogens with two attached hydrogens (primary N) is 1. The summed E-state index contributed by atoms with van der Waals surface area (Å²) >= 11 is 0. The van der Waals surface area contributed by atoms with Crippen LogP contribution in [0.5, 0.6) is 0 Å². The zero-order valence-corrected chi connectivity index (χ0v) is 15.2. The SMILES string of the molecule is CCCCCCCCCC(CCN)CCCCCCCC. The van der Waals surface area contributed by atoms with Crippen molar-refractivity contribution in [3.05, 3.63) is 0 Å². The van der Waals surface area contributed by atoms with Gasteiger partial charge in [0.15, 0.2) is 0 Å². The molecular weight excluding hydrogens is 254 g/mol. The van der Waals surface area contributed by atoms with Crippen molar-refractivity contribution in [2.24, 2.45) is 11.7 Å². The molecule has 0 spiro atoms. The zero-order chi connectivity index (χ0) is 15.6. The van der Waals surface area contributed by atoms with Crippen molar-refractivity contribution in [2.75, 3.05) is 6.54 Å². The van der Waals surface area contributed by atoms with Crippen LogP contribution < -0.4 is 5.73 Å². The maximum atomic E-state index is 5.78. The Hall–Kier alpha value is -0.0400. The highest BCUT2D eigenvalue weighted by Gasteiger charge is 2.07. The molecule has 0 radical (unpaired) electrons. The predicted octanol–water partition coefficient (Wildman–Crippen LogP) is 6.84. The largest absolute Gasteiger partial charge is 0.330 e. The lowest BCUT2D eigenvalue weighted by Gasteiger charge is -2.16. The van der Waals surface area contributed by atoms with E-state index in [9.17, 15) is 0 Å². The van der Waals surface area contributed by atoms with Gasteiger partial charge in [0.05, 0.1) is 0 Å². The number of hydrogen-bond donors (Lipinski definition) is 1. The highest BCUT2D eigenvalue weighted by atomic mass is 14.5. The molecule has 0 bridgehead atoms. The van der Waals surface area contributed by atoms with Crippen LogP contribution in [-0.4, -0.2) is 6.54 Å². The van der Waals surface area contributed by atoms with Gasteiger partial charge in [-0.1, -0.05) is 110 Å². The van der Waals surface area contributed by atoms with Crippen molar-refractivity contribution >= 4 is 0 Å². The van der Waals surface area contributed by atoms with Crippen LogP contribution in [0.15, 0.2) is 0 Å². The van der Waals surface area contributed by atoms with E-state index in [1.54, 1.807) is 0 Å². The average molecular weight is 298 g/mol. The van der Waals surface area contributed by atoms with Crippen molar-refractivity contribution in [3.63, 3.8) is 0 Å². The van der Waals surface area contributed by atoms with Gasteiger partial charge in [-0.2, -0.15) is 0 Å². The molecule has 0 heterocycles. The topological polar surface area (TPSA) is 26.0 Å². The summed E-state index contributed by atoms with van der Waals surface area (Å²) in [5, 5.41) is 0. The zero-order valence-electron chi connectivity index (χ0n) is 15.2. The Kier molecular flexibility index (Phi) is 18.0. The van der Waals surface area contributed by atoms with E-state index in [4.69, 9.17) is 5.73 Å². The van der Waals surface area contributed by atoms with Crippen molar-refractivity contribution in [2.45, 2.75) is 117 Å². The van der Waals surface area contributed by atoms with Gasteiger partial charge in [0.25, 0.3) is 0 Å². The molecule has 1 heteroatoms. The van der Waals surface area contributed by atoms with Crippen molar-refractivity contribution in [3.8, 4) is 0 Å². The maximum absolute atomic E-state index is 5.78. The molecule has 0 aromatic rings. The molecule has 1 atom stereocenters. The molecule has 0 amide bonds. The Bertz CT molecular complexity index is 179. The Morgan fingerprint density at radius 2 is 0.905 bits per heavy atom. The van der Waals surface area contributed by atoms with Crippen molar-refractivity contribution < 1.29 is 0 Å². The van der Waals surface area contributed by atoms with Gasteiger partial charge in [-0.05, 0) is 18.9 Å². The van der Waals surface area contributed by atoms with Crippen LogP contribution in [0.2, 0.25) is 0 Å². The predicted molar refractivity (Wildman–Crippen MR) is 97.8 cm³/mol. The van der Waals surface area contributed by atoms with Crippen LogP contribution in [0.4, 0.5) is 0 Å². The first-order chi connectivity index (χ1) is 10.3. The van der Waals surface area contributed by atoms with E-state index in [0.29, 0.717) is 0 Å². The molecule has 0 saturated carbocycles. The molecule has 1 nitrogen and oxygen atoms in total. The van der Waals surface area contributed by atoms with Gasteiger partial charge in [-0.25, -0.2) is 0 Å². The summed E-state index contributed by atoms with van der Waals surface area (Å²) in [5.41, 5.74) is 5.78. The van der Waals surface area contributed by atoms with E-state index in [1.165, 1.54) is 103 Å². The van der Waals surface area contributed by atoms with Gasteiger partial charge < -0.3 is 5.73 Å². The minimum atomic E-state index is 0.886. The summed E-state index contributed by atoms with van der Waals surface area (Å²) in [6, 6.07) is 0. The molecule has 21 heavy (non-hydrogen) atoms. The van der Waals surface area contributed by atoms with Gasteiger partial charge in [0, 0.05) is 0 Å². The second-order valence-corrected chi connectivity index (χ2v) is 6.91. The molecule has 0 aliphatic heterocycles. The first-order valence-corrected chi connectivity index (χ1v) is 10.0. The molecule has 2 N–H and O–H groups in total. The molecule has 0 saturated heterocycles. The first-order valence-electron chi connectivity index (χ1n) is 10.0. The first kappa shape index (κ1) is 21.0. The number of hydrogen-bond acceptors (Lipinski definition) is 1. The Morgan fingerprint density at radius 3 is 1.29 bits per heavy atom. The lowest BCUT2D eigenvalue weighted by atomic mass is 9.91. The minimum Gasteiger partial charge on any atom is -0.330 e. The average Bonchev–Trinajstić information content (AvgIpc) is 2.49. The third-order valence-electron chi connectivity index (χ3n) is 4.76. The van der Waals surface area contributed by atoms with Crippen molar-refractivity contribution in [1.29, 1.82) is 0 Å². The van der Waals surface area contributed by atoms with Gasteiger partial charge in [0.2, 0.25) is 0 Å². The molecule has 0 aromatic heterocycles. The molecule has 1 unspecified atom stereocenters. The monoisotopic (exact) mass is 297 g/mol. The Labute approximate surface area is 135 Å². The second kappa shape index (κ2) is 18.0. The molecule has 0 rings (SSSR count). The lowest BCUT2D eigenvalue weighted by Crippen LogP contribution is -2.09. The van der Waals surface area contributed by atoms with Crippen LogP contribution in [0.1, 0.15) is 117 Å². The Balaban J connectivity index is 3.44. The lowest BCUT2D eigenvalue weighted by molar-refractivity contribution is 0.384. The minimum absolute atomic E-state index is 0.886. The molecular formula is C20H43N. The van der Waals surface area contributed by atoms with Gasteiger partial charge >= 0.3 is 0 Å². The van der Waals surface area contributed by atoms with Crippen LogP contribution in [0.25, 0.3) is 0 Å². The highest BCUT2D eigenvalue weighted by Crippen LogP contribution is 2.21. The highest BCUT2D eigenvalue weighted by molar-refractivity contribution is 4.61. The molecule has 0 fully saturated rings.